The van der Waals surface area contributed by atoms with Crippen LogP contribution in [0.3, 0.4) is 0 Å². The second kappa shape index (κ2) is 4.50. The third kappa shape index (κ3) is 2.52. The predicted octanol–water partition coefficient (Wildman–Crippen LogP) is 2.06. The van der Waals surface area contributed by atoms with Gasteiger partial charge in [0.1, 0.15) is 0 Å². The van der Waals surface area contributed by atoms with E-state index in [0.29, 0.717) is 0 Å². The summed E-state index contributed by atoms with van der Waals surface area (Å²) in [4.78, 5) is 0. The zero-order valence-corrected chi connectivity index (χ0v) is 7.42. The van der Waals surface area contributed by atoms with E-state index in [1.807, 2.05) is 23.1 Å². The molecule has 1 rings (SSSR count). The molecule has 0 spiro atoms. The minimum absolute atomic E-state index is 1.04. The van der Waals surface area contributed by atoms with Crippen LogP contribution < -0.4 is 0 Å². The molecule has 0 fully saturated rings. The van der Waals surface area contributed by atoms with Gasteiger partial charge in [-0.15, -0.1) is 0 Å². The first-order valence-electron chi connectivity index (χ1n) is 3.47. The van der Waals surface area contributed by atoms with Crippen molar-refractivity contribution < 1.29 is 0 Å². The third-order valence-electron chi connectivity index (χ3n) is 1.33. The maximum Gasteiger partial charge on any atom is 0.0489 e. The zero-order valence-electron chi connectivity index (χ0n) is 5.83. The summed E-state index contributed by atoms with van der Waals surface area (Å²) in [5, 5.41) is 5.18. The number of rotatable bonds is 4. The normalized spacial score (nSPS) is 10.1. The van der Waals surface area contributed by atoms with Crippen LogP contribution in [0.15, 0.2) is 18.5 Å². The Bertz CT molecular complexity index is 160. The van der Waals surface area contributed by atoms with Crippen molar-refractivity contribution in [3.05, 3.63) is 18.5 Å². The second-order valence-electron chi connectivity index (χ2n) is 2.17. The van der Waals surface area contributed by atoms with Crippen LogP contribution >= 0.6 is 15.9 Å². The summed E-state index contributed by atoms with van der Waals surface area (Å²) in [5.74, 6) is 0. The van der Waals surface area contributed by atoms with Crippen LogP contribution in [0, 0.1) is 0 Å². The smallest absolute Gasteiger partial charge is 0.0489 e. The zero-order chi connectivity index (χ0) is 7.23. The van der Waals surface area contributed by atoms with Gasteiger partial charge in [-0.3, -0.25) is 4.68 Å². The van der Waals surface area contributed by atoms with E-state index in [4.69, 9.17) is 0 Å². The van der Waals surface area contributed by atoms with Gasteiger partial charge in [-0.05, 0) is 18.9 Å². The quantitative estimate of drug-likeness (QED) is 0.541. The Hall–Kier alpha value is -0.310. The third-order valence-corrected chi connectivity index (χ3v) is 1.89. The summed E-state index contributed by atoms with van der Waals surface area (Å²) >= 11 is 3.38. The van der Waals surface area contributed by atoms with Crippen molar-refractivity contribution in [3.63, 3.8) is 0 Å². The van der Waals surface area contributed by atoms with Crippen molar-refractivity contribution in [2.75, 3.05) is 5.33 Å². The molecule has 2 nitrogen and oxygen atoms in total. The van der Waals surface area contributed by atoms with Crippen molar-refractivity contribution in [2.24, 2.45) is 0 Å². The Kier molecular flexibility index (Phi) is 3.50. The maximum atomic E-state index is 4.09. The molecule has 3 heteroatoms. The molecular weight excluding hydrogens is 192 g/mol. The van der Waals surface area contributed by atoms with Crippen LogP contribution in [0.4, 0.5) is 0 Å². The minimum atomic E-state index is 1.04. The highest BCUT2D eigenvalue weighted by Gasteiger charge is 1.88. The largest absolute Gasteiger partial charge is 0.273 e. The van der Waals surface area contributed by atoms with Crippen LogP contribution in [0.2, 0.25) is 0 Å². The van der Waals surface area contributed by atoms with E-state index in [0.717, 1.165) is 11.9 Å². The van der Waals surface area contributed by atoms with Gasteiger partial charge >= 0.3 is 0 Å². The van der Waals surface area contributed by atoms with Gasteiger partial charge in [-0.1, -0.05) is 15.9 Å². The lowest BCUT2D eigenvalue weighted by atomic mass is 10.3. The molecule has 0 aliphatic heterocycles. The fourth-order valence-electron chi connectivity index (χ4n) is 0.801. The monoisotopic (exact) mass is 202 g/mol. The van der Waals surface area contributed by atoms with Gasteiger partial charge in [0.25, 0.3) is 0 Å². The molecule has 0 saturated carbocycles. The minimum Gasteiger partial charge on any atom is -0.273 e. The highest BCUT2D eigenvalue weighted by molar-refractivity contribution is 9.09. The van der Waals surface area contributed by atoms with Crippen LogP contribution in [-0.4, -0.2) is 15.1 Å². The van der Waals surface area contributed by atoms with Crippen LogP contribution in [0.5, 0.6) is 0 Å². The molecule has 0 aliphatic rings. The van der Waals surface area contributed by atoms with E-state index in [-0.39, 0.29) is 0 Å². The highest BCUT2D eigenvalue weighted by Crippen LogP contribution is 1.96. The second-order valence-corrected chi connectivity index (χ2v) is 2.96. The molecule has 0 aliphatic carbocycles. The predicted molar refractivity (Wildman–Crippen MR) is 45.3 cm³/mol. The molecule has 0 bridgehead atoms. The number of alkyl halides is 1. The molecule has 0 N–H and O–H groups in total. The first-order valence-corrected chi connectivity index (χ1v) is 4.59. The molecule has 0 aromatic carbocycles. The van der Waals surface area contributed by atoms with Gasteiger partial charge in [-0.25, -0.2) is 0 Å². The van der Waals surface area contributed by atoms with E-state index in [9.17, 15) is 0 Å². The summed E-state index contributed by atoms with van der Waals surface area (Å²) in [7, 11) is 0. The van der Waals surface area contributed by atoms with Crippen molar-refractivity contribution in [1.29, 1.82) is 0 Å². The standard InChI is InChI=1S/C7H11BrN2/c8-4-1-2-6-10-7-3-5-9-10/h3,5,7H,1-2,4,6H2. The lowest BCUT2D eigenvalue weighted by molar-refractivity contribution is 0.574. The molecule has 0 saturated heterocycles. The van der Waals surface area contributed by atoms with E-state index >= 15 is 0 Å². The van der Waals surface area contributed by atoms with Gasteiger partial charge in [0, 0.05) is 24.3 Å². The fraction of sp³-hybridized carbons (Fsp3) is 0.571. The van der Waals surface area contributed by atoms with E-state index < -0.39 is 0 Å². The number of aryl methyl sites for hydroxylation is 1. The first-order chi connectivity index (χ1) is 4.93. The summed E-state index contributed by atoms with van der Waals surface area (Å²) in [6.45, 7) is 1.04. The molecule has 0 unspecified atom stereocenters. The molecule has 1 aromatic rings. The van der Waals surface area contributed by atoms with Crippen molar-refractivity contribution in [2.45, 2.75) is 19.4 Å². The van der Waals surface area contributed by atoms with Crippen molar-refractivity contribution >= 4 is 15.9 Å². The topological polar surface area (TPSA) is 17.8 Å². The SMILES string of the molecule is BrCCCCn1cccn1. The molecule has 0 atom stereocenters. The summed E-state index contributed by atoms with van der Waals surface area (Å²) in [6, 6.07) is 1.95. The van der Waals surface area contributed by atoms with E-state index in [1.54, 1.807) is 0 Å². The fourth-order valence-corrected chi connectivity index (χ4v) is 1.20. The molecular formula is C7H11BrN2. The lowest BCUT2D eigenvalue weighted by Crippen LogP contribution is -1.97. The average Bonchev–Trinajstić information content (AvgIpc) is 2.41. The Balaban J connectivity index is 2.15. The first kappa shape index (κ1) is 7.79. The van der Waals surface area contributed by atoms with Crippen molar-refractivity contribution in [3.8, 4) is 0 Å². The Morgan fingerprint density at radius 3 is 2.90 bits per heavy atom. The van der Waals surface area contributed by atoms with Gasteiger partial charge < -0.3 is 0 Å². The molecule has 1 heterocycles. The number of unbranched alkanes of at least 4 members (excludes halogenated alkanes) is 1. The molecule has 0 amide bonds. The maximum absolute atomic E-state index is 4.09. The van der Waals surface area contributed by atoms with Crippen molar-refractivity contribution in [1.82, 2.24) is 9.78 Å². The molecule has 0 radical (unpaired) electrons. The summed E-state index contributed by atoms with van der Waals surface area (Å²) in [6.07, 6.45) is 6.23. The van der Waals surface area contributed by atoms with Gasteiger partial charge in [-0.2, -0.15) is 5.10 Å². The lowest BCUT2D eigenvalue weighted by Gasteiger charge is -1.97. The van der Waals surface area contributed by atoms with Crippen LogP contribution in [0.25, 0.3) is 0 Å². The number of aromatic nitrogens is 2. The molecule has 56 valence electrons. The Morgan fingerprint density at radius 2 is 2.30 bits per heavy atom. The van der Waals surface area contributed by atoms with Crippen LogP contribution in [-0.2, 0) is 6.54 Å². The van der Waals surface area contributed by atoms with E-state index in [2.05, 4.69) is 21.0 Å². The van der Waals surface area contributed by atoms with Gasteiger partial charge in [0.15, 0.2) is 0 Å². The average molecular weight is 203 g/mol. The molecule has 10 heavy (non-hydrogen) atoms. The number of hydrogen-bond acceptors (Lipinski definition) is 1. The number of nitrogens with zero attached hydrogens (tertiary/aromatic N) is 2. The molecule has 1 aromatic heterocycles. The van der Waals surface area contributed by atoms with Gasteiger partial charge in [0.2, 0.25) is 0 Å². The van der Waals surface area contributed by atoms with E-state index in [1.165, 1.54) is 12.8 Å². The van der Waals surface area contributed by atoms with Gasteiger partial charge in [0.05, 0.1) is 0 Å². The van der Waals surface area contributed by atoms with Crippen LogP contribution in [0.1, 0.15) is 12.8 Å². The Morgan fingerprint density at radius 1 is 1.40 bits per heavy atom. The highest BCUT2D eigenvalue weighted by atomic mass is 79.9. The Labute approximate surface area is 69.4 Å². The summed E-state index contributed by atoms with van der Waals surface area (Å²) in [5.41, 5.74) is 0. The number of hydrogen-bond donors (Lipinski definition) is 0. The number of halogens is 1. The summed E-state index contributed by atoms with van der Waals surface area (Å²) < 4.78 is 1.96.